The number of benzene rings is 1. The molecule has 7 nitrogen and oxygen atoms in total. The Bertz CT molecular complexity index is 639. The third-order valence-corrected chi connectivity index (χ3v) is 3.83. The van der Waals surface area contributed by atoms with Gasteiger partial charge < -0.3 is 0 Å². The minimum absolute atomic E-state index is 0.0260. The van der Waals surface area contributed by atoms with Crippen LogP contribution in [-0.2, 0) is 0 Å². The van der Waals surface area contributed by atoms with Gasteiger partial charge in [0, 0.05) is 30.0 Å². The second-order valence-corrected chi connectivity index (χ2v) is 5.18. The molecule has 2 amide bonds. The molecule has 0 atom stereocenters. The Morgan fingerprint density at radius 2 is 2.10 bits per heavy atom. The molecule has 1 aromatic carbocycles. The lowest BCUT2D eigenvalue weighted by molar-refractivity contribution is -0.384. The molecule has 2 aliphatic heterocycles. The maximum atomic E-state index is 11.7. The highest BCUT2D eigenvalue weighted by molar-refractivity contribution is 8.02. The monoisotopic (exact) mass is 290 g/mol. The fraction of sp³-hybridized carbons (Fsp3) is 0.167. The molecule has 0 radical (unpaired) electrons. The Balaban J connectivity index is 1.98. The van der Waals surface area contributed by atoms with Crippen molar-refractivity contribution in [2.45, 2.75) is 0 Å². The molecular weight excluding hydrogens is 280 g/mol. The van der Waals surface area contributed by atoms with Crippen LogP contribution in [0.4, 0.5) is 10.5 Å². The first-order valence-corrected chi connectivity index (χ1v) is 6.94. The SMILES string of the molecule is O=C1NN=C(c2ccc([N+](=O)[O-])cc2)C2=CSCCN12. The number of thioether (sulfide) groups is 1. The van der Waals surface area contributed by atoms with Crippen LogP contribution in [0.3, 0.4) is 0 Å². The number of hydrogen-bond acceptors (Lipinski definition) is 5. The van der Waals surface area contributed by atoms with Crippen LogP contribution >= 0.6 is 11.8 Å². The second kappa shape index (κ2) is 4.97. The van der Waals surface area contributed by atoms with Crippen molar-refractivity contribution < 1.29 is 9.72 Å². The number of amides is 2. The molecule has 0 unspecified atom stereocenters. The molecule has 0 saturated carbocycles. The minimum Gasteiger partial charge on any atom is -0.289 e. The van der Waals surface area contributed by atoms with Crippen LogP contribution < -0.4 is 5.43 Å². The zero-order valence-corrected chi connectivity index (χ0v) is 11.1. The van der Waals surface area contributed by atoms with Gasteiger partial charge in [-0.2, -0.15) is 5.10 Å². The molecule has 0 saturated heterocycles. The first-order chi connectivity index (χ1) is 9.66. The third-order valence-electron chi connectivity index (χ3n) is 3.02. The van der Waals surface area contributed by atoms with Gasteiger partial charge >= 0.3 is 6.03 Å². The van der Waals surface area contributed by atoms with Crippen LogP contribution in [0.5, 0.6) is 0 Å². The number of nitrogens with one attached hydrogen (secondary N) is 1. The summed E-state index contributed by atoms with van der Waals surface area (Å²) in [4.78, 5) is 23.5. The van der Waals surface area contributed by atoms with Crippen LogP contribution in [0.15, 0.2) is 40.5 Å². The molecule has 0 aromatic heterocycles. The summed E-state index contributed by atoms with van der Waals surface area (Å²) in [5.41, 5.74) is 4.57. The quantitative estimate of drug-likeness (QED) is 0.665. The molecule has 1 N–H and O–H groups in total. The number of carbonyl (C=O) groups is 1. The number of nitrogens with zero attached hydrogens (tertiary/aromatic N) is 3. The Labute approximate surface area is 118 Å². The Kier molecular flexibility index (Phi) is 3.15. The lowest BCUT2D eigenvalue weighted by Gasteiger charge is -2.31. The van der Waals surface area contributed by atoms with Gasteiger partial charge in [0.25, 0.3) is 5.69 Å². The van der Waals surface area contributed by atoms with Crippen molar-refractivity contribution >= 4 is 29.2 Å². The van der Waals surface area contributed by atoms with Gasteiger partial charge in [0.15, 0.2) is 0 Å². The van der Waals surface area contributed by atoms with Crippen molar-refractivity contribution in [3.8, 4) is 0 Å². The van der Waals surface area contributed by atoms with E-state index >= 15 is 0 Å². The summed E-state index contributed by atoms with van der Waals surface area (Å²) in [6.45, 7) is 0.619. The molecule has 0 fully saturated rings. The van der Waals surface area contributed by atoms with Gasteiger partial charge in [0.1, 0.15) is 5.71 Å². The molecule has 8 heteroatoms. The maximum absolute atomic E-state index is 11.7. The van der Waals surface area contributed by atoms with Crippen molar-refractivity contribution in [2.75, 3.05) is 12.3 Å². The van der Waals surface area contributed by atoms with Crippen LogP contribution in [-0.4, -0.2) is 33.9 Å². The summed E-state index contributed by atoms with van der Waals surface area (Å²) in [5, 5.41) is 16.6. The predicted octanol–water partition coefficient (Wildman–Crippen LogP) is 1.91. The van der Waals surface area contributed by atoms with E-state index in [1.54, 1.807) is 28.8 Å². The summed E-state index contributed by atoms with van der Waals surface area (Å²) < 4.78 is 0. The van der Waals surface area contributed by atoms with Gasteiger partial charge in [-0.05, 0) is 17.5 Å². The molecule has 102 valence electrons. The summed E-state index contributed by atoms with van der Waals surface area (Å²) in [6, 6.07) is 5.87. The number of hydrogen-bond donors (Lipinski definition) is 1. The average Bonchev–Trinajstić information content (AvgIpc) is 2.48. The predicted molar refractivity (Wildman–Crippen MR) is 75.4 cm³/mol. The van der Waals surface area contributed by atoms with Crippen LogP contribution in [0, 0.1) is 10.1 Å². The van der Waals surface area contributed by atoms with Crippen molar-refractivity contribution in [2.24, 2.45) is 5.10 Å². The van der Waals surface area contributed by atoms with Crippen LogP contribution in [0.25, 0.3) is 0 Å². The van der Waals surface area contributed by atoms with E-state index in [-0.39, 0.29) is 11.7 Å². The summed E-state index contributed by atoms with van der Waals surface area (Å²) in [5.74, 6) is 0.838. The normalized spacial score (nSPS) is 17.8. The molecule has 3 rings (SSSR count). The highest BCUT2D eigenvalue weighted by Gasteiger charge is 2.29. The Morgan fingerprint density at radius 1 is 1.35 bits per heavy atom. The number of non-ortho nitro benzene ring substituents is 1. The van der Waals surface area contributed by atoms with E-state index in [9.17, 15) is 14.9 Å². The standard InChI is InChI=1S/C12H10N4O3S/c17-12-14-13-11(10-7-20-6-5-15(10)12)8-1-3-9(4-2-8)16(18)19/h1-4,7H,5-6H2,(H,14,17). The van der Waals surface area contributed by atoms with E-state index in [1.807, 2.05) is 5.41 Å². The molecule has 2 heterocycles. The first kappa shape index (κ1) is 12.7. The number of urea groups is 1. The van der Waals surface area contributed by atoms with Crippen molar-refractivity contribution in [3.63, 3.8) is 0 Å². The van der Waals surface area contributed by atoms with Gasteiger partial charge in [0.05, 0.1) is 10.6 Å². The molecular formula is C12H10N4O3S. The number of hydrazone groups is 1. The average molecular weight is 290 g/mol. The van der Waals surface area contributed by atoms with Gasteiger partial charge in [-0.3, -0.25) is 15.0 Å². The Morgan fingerprint density at radius 3 is 2.80 bits per heavy atom. The number of nitro benzene ring substituents is 1. The van der Waals surface area contributed by atoms with E-state index < -0.39 is 4.92 Å². The van der Waals surface area contributed by atoms with Gasteiger partial charge in [-0.25, -0.2) is 10.2 Å². The maximum Gasteiger partial charge on any atom is 0.342 e. The van der Waals surface area contributed by atoms with E-state index in [1.165, 1.54) is 12.1 Å². The molecule has 0 spiro atoms. The van der Waals surface area contributed by atoms with Crippen molar-refractivity contribution in [1.29, 1.82) is 0 Å². The lowest BCUT2D eigenvalue weighted by Crippen LogP contribution is -2.46. The van der Waals surface area contributed by atoms with Crippen LogP contribution in [0.1, 0.15) is 5.56 Å². The smallest absolute Gasteiger partial charge is 0.289 e. The number of carbonyl (C=O) groups excluding carboxylic acids is 1. The lowest BCUT2D eigenvalue weighted by atomic mass is 10.1. The minimum atomic E-state index is -0.448. The Hall–Kier alpha value is -2.35. The fourth-order valence-corrected chi connectivity index (χ4v) is 2.84. The number of allylic oxidation sites excluding steroid dienone is 1. The number of fused-ring (bicyclic) bond motifs is 1. The summed E-state index contributed by atoms with van der Waals surface area (Å²) in [7, 11) is 0. The molecule has 2 aliphatic rings. The van der Waals surface area contributed by atoms with Gasteiger partial charge in [-0.15, -0.1) is 11.8 Å². The fourth-order valence-electron chi connectivity index (χ4n) is 2.04. The van der Waals surface area contributed by atoms with Gasteiger partial charge in [-0.1, -0.05) is 0 Å². The highest BCUT2D eigenvalue weighted by atomic mass is 32.2. The van der Waals surface area contributed by atoms with Crippen molar-refractivity contribution in [1.82, 2.24) is 10.3 Å². The summed E-state index contributed by atoms with van der Waals surface area (Å²) >= 11 is 1.62. The molecule has 1 aromatic rings. The van der Waals surface area contributed by atoms with E-state index in [2.05, 4.69) is 10.5 Å². The van der Waals surface area contributed by atoms with E-state index in [0.29, 0.717) is 12.3 Å². The van der Waals surface area contributed by atoms with Gasteiger partial charge in [0.2, 0.25) is 0 Å². The molecule has 0 bridgehead atoms. The van der Waals surface area contributed by atoms with E-state index in [0.717, 1.165) is 17.0 Å². The topological polar surface area (TPSA) is 87.8 Å². The summed E-state index contributed by atoms with van der Waals surface area (Å²) in [6.07, 6.45) is 0. The molecule has 20 heavy (non-hydrogen) atoms. The number of nitro groups is 1. The molecule has 0 aliphatic carbocycles. The first-order valence-electron chi connectivity index (χ1n) is 5.89. The zero-order chi connectivity index (χ0) is 14.1. The van der Waals surface area contributed by atoms with Crippen LogP contribution in [0.2, 0.25) is 0 Å². The van der Waals surface area contributed by atoms with Crippen molar-refractivity contribution in [3.05, 3.63) is 51.0 Å². The largest absolute Gasteiger partial charge is 0.342 e. The number of rotatable bonds is 2. The third kappa shape index (κ3) is 2.14. The van der Waals surface area contributed by atoms with E-state index in [4.69, 9.17) is 0 Å². The zero-order valence-electron chi connectivity index (χ0n) is 10.3. The second-order valence-electron chi connectivity index (χ2n) is 4.21. The highest BCUT2D eigenvalue weighted by Crippen LogP contribution is 2.25.